The topological polar surface area (TPSA) is 75.2 Å². The van der Waals surface area contributed by atoms with Gasteiger partial charge in [-0.25, -0.2) is 0 Å². The van der Waals surface area contributed by atoms with Crippen LogP contribution in [-0.2, 0) is 4.74 Å². The van der Waals surface area contributed by atoms with Crippen LogP contribution in [0.2, 0.25) is 0 Å². The second-order valence-corrected chi connectivity index (χ2v) is 5.51. The first-order valence-electron chi connectivity index (χ1n) is 7.05. The molecule has 2 rings (SSSR count). The van der Waals surface area contributed by atoms with E-state index in [0.717, 1.165) is 32.6 Å². The standard InChI is InChI=1S/C13H24N6O/c1-5-14-10-15-11(17-12(16-10)19(3)4)18-13(2)6-8-20-9-7-13/h5-9H2,1-4H3,(H2,14,15,16,17,18). The molecule has 7 heteroatoms. The van der Waals surface area contributed by atoms with E-state index in [-0.39, 0.29) is 5.54 Å². The highest BCUT2D eigenvalue weighted by molar-refractivity contribution is 5.44. The van der Waals surface area contributed by atoms with E-state index in [2.05, 4.69) is 32.5 Å². The quantitative estimate of drug-likeness (QED) is 0.843. The summed E-state index contributed by atoms with van der Waals surface area (Å²) in [7, 11) is 3.84. The van der Waals surface area contributed by atoms with Crippen LogP contribution in [0.4, 0.5) is 17.8 Å². The van der Waals surface area contributed by atoms with Gasteiger partial charge in [-0.2, -0.15) is 15.0 Å². The maximum Gasteiger partial charge on any atom is 0.231 e. The number of ether oxygens (including phenoxy) is 1. The Morgan fingerprint density at radius 2 is 1.80 bits per heavy atom. The summed E-state index contributed by atoms with van der Waals surface area (Å²) in [5.41, 5.74) is -0.0212. The number of hydrogen-bond acceptors (Lipinski definition) is 7. The van der Waals surface area contributed by atoms with Crippen molar-refractivity contribution < 1.29 is 4.74 Å². The largest absolute Gasteiger partial charge is 0.381 e. The zero-order chi connectivity index (χ0) is 14.6. The average Bonchev–Trinajstić information content (AvgIpc) is 2.39. The molecular weight excluding hydrogens is 256 g/mol. The van der Waals surface area contributed by atoms with E-state index >= 15 is 0 Å². The SMILES string of the molecule is CCNc1nc(NC2(C)CCOCC2)nc(N(C)C)n1. The number of anilines is 3. The van der Waals surface area contributed by atoms with Crippen molar-refractivity contribution in [3.05, 3.63) is 0 Å². The molecule has 20 heavy (non-hydrogen) atoms. The van der Waals surface area contributed by atoms with Crippen molar-refractivity contribution in [2.75, 3.05) is 49.4 Å². The first kappa shape index (κ1) is 14.8. The van der Waals surface area contributed by atoms with Gasteiger partial charge >= 0.3 is 0 Å². The van der Waals surface area contributed by atoms with Gasteiger partial charge in [0.25, 0.3) is 0 Å². The molecule has 0 bridgehead atoms. The van der Waals surface area contributed by atoms with Gasteiger partial charge in [-0.15, -0.1) is 0 Å². The molecule has 0 unspecified atom stereocenters. The molecule has 1 aliphatic heterocycles. The molecular formula is C13H24N6O. The van der Waals surface area contributed by atoms with Crippen molar-refractivity contribution in [2.45, 2.75) is 32.2 Å². The van der Waals surface area contributed by atoms with Crippen LogP contribution in [0.3, 0.4) is 0 Å². The third-order valence-electron chi connectivity index (χ3n) is 3.37. The summed E-state index contributed by atoms with van der Waals surface area (Å²) in [4.78, 5) is 15.1. The fourth-order valence-corrected chi connectivity index (χ4v) is 2.07. The predicted molar refractivity (Wildman–Crippen MR) is 80.4 cm³/mol. The van der Waals surface area contributed by atoms with E-state index in [1.165, 1.54) is 0 Å². The van der Waals surface area contributed by atoms with Gasteiger partial charge in [0.05, 0.1) is 0 Å². The van der Waals surface area contributed by atoms with Crippen molar-refractivity contribution in [3.8, 4) is 0 Å². The van der Waals surface area contributed by atoms with Gasteiger partial charge < -0.3 is 20.3 Å². The Hall–Kier alpha value is -1.63. The molecule has 0 aromatic carbocycles. The van der Waals surface area contributed by atoms with Crippen LogP contribution in [0, 0.1) is 0 Å². The number of rotatable bonds is 5. The number of aromatic nitrogens is 3. The van der Waals surface area contributed by atoms with Gasteiger partial charge in [0.15, 0.2) is 0 Å². The van der Waals surface area contributed by atoms with E-state index in [1.54, 1.807) is 0 Å². The van der Waals surface area contributed by atoms with Gasteiger partial charge in [0, 0.05) is 39.4 Å². The summed E-state index contributed by atoms with van der Waals surface area (Å²) in [6.45, 7) is 6.53. The smallest absolute Gasteiger partial charge is 0.231 e. The molecule has 1 fully saturated rings. The van der Waals surface area contributed by atoms with Crippen molar-refractivity contribution in [1.29, 1.82) is 0 Å². The molecule has 112 valence electrons. The summed E-state index contributed by atoms with van der Waals surface area (Å²) in [6.07, 6.45) is 1.90. The lowest BCUT2D eigenvalue weighted by Gasteiger charge is -2.34. The minimum Gasteiger partial charge on any atom is -0.381 e. The molecule has 0 spiro atoms. The lowest BCUT2D eigenvalue weighted by atomic mass is 9.93. The highest BCUT2D eigenvalue weighted by Gasteiger charge is 2.28. The first-order chi connectivity index (χ1) is 9.52. The Morgan fingerprint density at radius 3 is 2.40 bits per heavy atom. The van der Waals surface area contributed by atoms with Gasteiger partial charge in [0.2, 0.25) is 17.8 Å². The normalized spacial score (nSPS) is 17.6. The van der Waals surface area contributed by atoms with Crippen LogP contribution in [0.15, 0.2) is 0 Å². The molecule has 0 radical (unpaired) electrons. The van der Waals surface area contributed by atoms with Gasteiger partial charge in [-0.3, -0.25) is 0 Å². The van der Waals surface area contributed by atoms with E-state index < -0.39 is 0 Å². The Labute approximate surface area is 120 Å². The lowest BCUT2D eigenvalue weighted by molar-refractivity contribution is 0.0656. The number of nitrogens with one attached hydrogen (secondary N) is 2. The molecule has 0 aliphatic carbocycles. The number of nitrogens with zero attached hydrogens (tertiary/aromatic N) is 4. The Balaban J connectivity index is 2.20. The van der Waals surface area contributed by atoms with Crippen LogP contribution < -0.4 is 15.5 Å². The third-order valence-corrected chi connectivity index (χ3v) is 3.37. The Bertz CT molecular complexity index is 444. The van der Waals surface area contributed by atoms with Crippen LogP contribution in [0.1, 0.15) is 26.7 Å². The summed E-state index contributed by atoms with van der Waals surface area (Å²) >= 11 is 0. The molecule has 2 N–H and O–H groups in total. The second kappa shape index (κ2) is 6.21. The predicted octanol–water partition coefficient (Wildman–Crippen LogP) is 1.35. The molecule has 0 atom stereocenters. The fourth-order valence-electron chi connectivity index (χ4n) is 2.07. The first-order valence-corrected chi connectivity index (χ1v) is 7.05. The minimum absolute atomic E-state index is 0.0212. The third kappa shape index (κ3) is 3.69. The monoisotopic (exact) mass is 280 g/mol. The summed E-state index contributed by atoms with van der Waals surface area (Å²) in [5, 5.41) is 6.58. The van der Waals surface area contributed by atoms with Crippen molar-refractivity contribution in [3.63, 3.8) is 0 Å². The fraction of sp³-hybridized carbons (Fsp3) is 0.769. The highest BCUT2D eigenvalue weighted by atomic mass is 16.5. The van der Waals surface area contributed by atoms with E-state index in [9.17, 15) is 0 Å². The van der Waals surface area contributed by atoms with Crippen LogP contribution in [-0.4, -0.2) is 54.3 Å². The van der Waals surface area contributed by atoms with E-state index in [0.29, 0.717) is 17.8 Å². The molecule has 1 aromatic rings. The maximum absolute atomic E-state index is 5.41. The molecule has 1 aromatic heterocycles. The zero-order valence-corrected chi connectivity index (χ0v) is 12.7. The summed E-state index contributed by atoms with van der Waals surface area (Å²) < 4.78 is 5.41. The number of hydrogen-bond donors (Lipinski definition) is 2. The second-order valence-electron chi connectivity index (χ2n) is 5.51. The van der Waals surface area contributed by atoms with Crippen LogP contribution in [0.25, 0.3) is 0 Å². The zero-order valence-electron chi connectivity index (χ0n) is 12.7. The highest BCUT2D eigenvalue weighted by Crippen LogP contribution is 2.24. The summed E-state index contributed by atoms with van der Waals surface area (Å²) in [5.74, 6) is 1.86. The van der Waals surface area contributed by atoms with Gasteiger partial charge in [-0.1, -0.05) is 0 Å². The van der Waals surface area contributed by atoms with Crippen LogP contribution >= 0.6 is 0 Å². The molecule has 0 amide bonds. The van der Waals surface area contributed by atoms with Crippen molar-refractivity contribution in [2.24, 2.45) is 0 Å². The van der Waals surface area contributed by atoms with E-state index in [4.69, 9.17) is 4.74 Å². The van der Waals surface area contributed by atoms with Gasteiger partial charge in [0.1, 0.15) is 0 Å². The maximum atomic E-state index is 5.41. The van der Waals surface area contributed by atoms with Crippen LogP contribution in [0.5, 0.6) is 0 Å². The minimum atomic E-state index is -0.0212. The molecule has 1 saturated heterocycles. The Kier molecular flexibility index (Phi) is 4.59. The summed E-state index contributed by atoms with van der Waals surface area (Å²) in [6, 6.07) is 0. The van der Waals surface area contributed by atoms with Crippen molar-refractivity contribution in [1.82, 2.24) is 15.0 Å². The van der Waals surface area contributed by atoms with Gasteiger partial charge in [-0.05, 0) is 26.7 Å². The molecule has 0 saturated carbocycles. The van der Waals surface area contributed by atoms with E-state index in [1.807, 2.05) is 25.9 Å². The Morgan fingerprint density at radius 1 is 1.15 bits per heavy atom. The van der Waals surface area contributed by atoms with Crippen molar-refractivity contribution >= 4 is 17.8 Å². The lowest BCUT2D eigenvalue weighted by Crippen LogP contribution is -2.41. The molecule has 1 aliphatic rings. The average molecular weight is 280 g/mol. The molecule has 2 heterocycles. The molecule has 7 nitrogen and oxygen atoms in total.